The van der Waals surface area contributed by atoms with E-state index in [4.69, 9.17) is 38.9 Å². The average Bonchev–Trinajstić information content (AvgIpc) is 3.17. The van der Waals surface area contributed by atoms with Gasteiger partial charge in [-0.15, -0.1) is 0 Å². The minimum absolute atomic E-state index is 0.129. The number of nitrogen functional groups attached to an aromatic ring is 1. The fraction of sp³-hybridized carbons (Fsp3) is 0.227. The number of fused-ring (bicyclic) bond motifs is 1. The molecule has 0 spiro atoms. The van der Waals surface area contributed by atoms with Gasteiger partial charge >= 0.3 is 0 Å². The van der Waals surface area contributed by atoms with Crippen LogP contribution in [-0.4, -0.2) is 37.3 Å². The Morgan fingerprint density at radius 1 is 1.00 bits per heavy atom. The monoisotopic (exact) mass is 454 g/mol. The average molecular weight is 455 g/mol. The zero-order chi connectivity index (χ0) is 21.4. The SMILES string of the molecule is Nc1ncnc2c1c(-c1ccc(Oc3ccc(Cl)cc3)cc1)nn2C1CCCN(Cl)C1. The Morgan fingerprint density at radius 2 is 1.71 bits per heavy atom. The van der Waals surface area contributed by atoms with Gasteiger partial charge in [0.15, 0.2) is 5.65 Å². The number of hydrogen-bond acceptors (Lipinski definition) is 6. The molecule has 0 aliphatic carbocycles. The largest absolute Gasteiger partial charge is 0.457 e. The summed E-state index contributed by atoms with van der Waals surface area (Å²) in [4.78, 5) is 8.67. The van der Waals surface area contributed by atoms with E-state index in [0.717, 1.165) is 41.7 Å². The third-order valence-electron chi connectivity index (χ3n) is 5.39. The standard InChI is InChI=1S/C22H20Cl2N6O/c23-15-5-9-18(10-6-15)31-17-7-3-14(4-8-17)20-19-21(25)26-13-27-22(19)30(28-20)16-2-1-11-29(24)12-16/h3-10,13,16H,1-2,11-12H2,(H2,25,26,27). The van der Waals surface area contributed by atoms with E-state index in [1.165, 1.54) is 6.33 Å². The lowest BCUT2D eigenvalue weighted by atomic mass is 10.1. The molecule has 0 bridgehead atoms. The van der Waals surface area contributed by atoms with Crippen molar-refractivity contribution in [3.05, 3.63) is 59.9 Å². The number of piperidine rings is 1. The molecule has 0 amide bonds. The highest BCUT2D eigenvalue weighted by atomic mass is 35.5. The van der Waals surface area contributed by atoms with Gasteiger partial charge in [-0.25, -0.2) is 19.1 Å². The smallest absolute Gasteiger partial charge is 0.164 e. The van der Waals surface area contributed by atoms with Crippen molar-refractivity contribution in [1.82, 2.24) is 24.2 Å². The van der Waals surface area contributed by atoms with E-state index >= 15 is 0 Å². The van der Waals surface area contributed by atoms with Crippen molar-refractivity contribution in [3.8, 4) is 22.8 Å². The van der Waals surface area contributed by atoms with E-state index < -0.39 is 0 Å². The number of nitrogens with two attached hydrogens (primary N) is 1. The summed E-state index contributed by atoms with van der Waals surface area (Å²) < 4.78 is 9.63. The lowest BCUT2D eigenvalue weighted by molar-refractivity contribution is 0.266. The van der Waals surface area contributed by atoms with Crippen LogP contribution in [0.1, 0.15) is 18.9 Å². The number of nitrogens with zero attached hydrogens (tertiary/aromatic N) is 5. The fourth-order valence-electron chi connectivity index (χ4n) is 3.88. The number of anilines is 1. The second-order valence-corrected chi connectivity index (χ2v) is 8.41. The quantitative estimate of drug-likeness (QED) is 0.420. The first-order chi connectivity index (χ1) is 15.1. The van der Waals surface area contributed by atoms with Gasteiger partial charge in [-0.2, -0.15) is 5.10 Å². The second kappa shape index (κ2) is 8.34. The maximum absolute atomic E-state index is 6.27. The van der Waals surface area contributed by atoms with Crippen LogP contribution < -0.4 is 10.5 Å². The third-order valence-corrected chi connectivity index (χ3v) is 5.95. The first kappa shape index (κ1) is 20.1. The second-order valence-electron chi connectivity index (χ2n) is 7.50. The molecule has 1 fully saturated rings. The zero-order valence-corrected chi connectivity index (χ0v) is 18.1. The number of ether oxygens (including phenoxy) is 1. The van der Waals surface area contributed by atoms with Crippen LogP contribution >= 0.6 is 23.4 Å². The highest BCUT2D eigenvalue weighted by Crippen LogP contribution is 2.35. The van der Waals surface area contributed by atoms with Crippen molar-refractivity contribution in [2.45, 2.75) is 18.9 Å². The number of halogens is 2. The van der Waals surface area contributed by atoms with Gasteiger partial charge in [0.2, 0.25) is 0 Å². The maximum atomic E-state index is 6.27. The van der Waals surface area contributed by atoms with E-state index in [2.05, 4.69) is 9.97 Å². The molecule has 2 aromatic carbocycles. The van der Waals surface area contributed by atoms with E-state index in [-0.39, 0.29) is 6.04 Å². The van der Waals surface area contributed by atoms with E-state index in [9.17, 15) is 0 Å². The molecule has 1 aliphatic rings. The maximum Gasteiger partial charge on any atom is 0.164 e. The lowest BCUT2D eigenvalue weighted by Crippen LogP contribution is -2.31. The molecule has 1 saturated heterocycles. The molecule has 7 nitrogen and oxygen atoms in total. The molecule has 2 aromatic heterocycles. The van der Waals surface area contributed by atoms with E-state index in [0.29, 0.717) is 28.9 Å². The Kier molecular flexibility index (Phi) is 5.40. The summed E-state index contributed by atoms with van der Waals surface area (Å²) >= 11 is 12.2. The topological polar surface area (TPSA) is 82.1 Å². The summed E-state index contributed by atoms with van der Waals surface area (Å²) in [5.74, 6) is 1.84. The molecule has 158 valence electrons. The van der Waals surface area contributed by atoms with Gasteiger partial charge in [-0.1, -0.05) is 11.6 Å². The van der Waals surface area contributed by atoms with Crippen LogP contribution in [-0.2, 0) is 0 Å². The first-order valence-corrected chi connectivity index (χ1v) is 10.7. The molecular formula is C22H20Cl2N6O. The van der Waals surface area contributed by atoms with Crippen LogP contribution in [0.25, 0.3) is 22.3 Å². The summed E-state index contributed by atoms with van der Waals surface area (Å²) in [6, 6.07) is 15.1. The van der Waals surface area contributed by atoms with Gasteiger partial charge in [-0.05, 0) is 73.1 Å². The Balaban J connectivity index is 1.50. The van der Waals surface area contributed by atoms with Crippen molar-refractivity contribution in [3.63, 3.8) is 0 Å². The summed E-state index contributed by atoms with van der Waals surface area (Å²) in [5.41, 5.74) is 8.61. The summed E-state index contributed by atoms with van der Waals surface area (Å²) in [6.07, 6.45) is 3.46. The molecule has 0 radical (unpaired) electrons. The van der Waals surface area contributed by atoms with Crippen LogP contribution in [0.3, 0.4) is 0 Å². The van der Waals surface area contributed by atoms with Gasteiger partial charge in [0.05, 0.1) is 11.4 Å². The van der Waals surface area contributed by atoms with Gasteiger partial charge in [0, 0.05) is 23.7 Å². The fourth-order valence-corrected chi connectivity index (χ4v) is 4.29. The van der Waals surface area contributed by atoms with Crippen LogP contribution in [0.4, 0.5) is 5.82 Å². The number of benzene rings is 2. The number of hydrogen-bond donors (Lipinski definition) is 1. The molecule has 3 heterocycles. The van der Waals surface area contributed by atoms with E-state index in [1.807, 2.05) is 41.1 Å². The molecule has 0 saturated carbocycles. The highest BCUT2D eigenvalue weighted by molar-refractivity contribution is 6.30. The molecule has 2 N–H and O–H groups in total. The lowest BCUT2D eigenvalue weighted by Gasteiger charge is -2.27. The van der Waals surface area contributed by atoms with Crippen molar-refractivity contribution in [1.29, 1.82) is 0 Å². The van der Waals surface area contributed by atoms with Crippen molar-refractivity contribution >= 4 is 40.2 Å². The van der Waals surface area contributed by atoms with Crippen molar-refractivity contribution in [2.75, 3.05) is 18.8 Å². The van der Waals surface area contributed by atoms with Gasteiger partial charge in [0.25, 0.3) is 0 Å². The Bertz CT molecular complexity index is 1210. The Morgan fingerprint density at radius 3 is 2.42 bits per heavy atom. The summed E-state index contributed by atoms with van der Waals surface area (Å²) in [5, 5.41) is 6.31. The minimum Gasteiger partial charge on any atom is -0.457 e. The predicted molar refractivity (Wildman–Crippen MR) is 122 cm³/mol. The molecular weight excluding hydrogens is 435 g/mol. The van der Waals surface area contributed by atoms with Crippen molar-refractivity contribution in [2.24, 2.45) is 0 Å². The van der Waals surface area contributed by atoms with Gasteiger partial charge in [0.1, 0.15) is 29.3 Å². The number of aromatic nitrogens is 4. The molecule has 9 heteroatoms. The van der Waals surface area contributed by atoms with E-state index in [1.54, 1.807) is 16.6 Å². The highest BCUT2D eigenvalue weighted by Gasteiger charge is 2.26. The van der Waals surface area contributed by atoms with Crippen molar-refractivity contribution < 1.29 is 4.74 Å². The Hall–Kier alpha value is -2.87. The molecule has 31 heavy (non-hydrogen) atoms. The predicted octanol–water partition coefficient (Wildman–Crippen LogP) is 5.31. The molecule has 1 aliphatic heterocycles. The van der Waals surface area contributed by atoms with Crippen LogP contribution in [0.5, 0.6) is 11.5 Å². The van der Waals surface area contributed by atoms with Crippen LogP contribution in [0, 0.1) is 0 Å². The molecule has 1 unspecified atom stereocenters. The molecule has 1 atom stereocenters. The van der Waals surface area contributed by atoms with Crippen LogP contribution in [0.2, 0.25) is 5.02 Å². The van der Waals surface area contributed by atoms with Crippen LogP contribution in [0.15, 0.2) is 54.9 Å². The first-order valence-electron chi connectivity index (χ1n) is 10.0. The third kappa shape index (κ3) is 4.04. The molecule has 5 rings (SSSR count). The number of rotatable bonds is 4. The minimum atomic E-state index is 0.129. The normalized spacial score (nSPS) is 17.2. The Labute approximate surface area is 189 Å². The molecule has 4 aromatic rings. The van der Waals surface area contributed by atoms with Gasteiger partial charge in [-0.3, -0.25) is 0 Å². The zero-order valence-electron chi connectivity index (χ0n) is 16.6. The summed E-state index contributed by atoms with van der Waals surface area (Å²) in [7, 11) is 0. The van der Waals surface area contributed by atoms with Gasteiger partial charge < -0.3 is 10.5 Å². The summed E-state index contributed by atoms with van der Waals surface area (Å²) in [6.45, 7) is 1.58.